The first-order valence-electron chi connectivity index (χ1n) is 4.16. The number of nitrogens with zero attached hydrogens (tertiary/aromatic N) is 1. The summed E-state index contributed by atoms with van der Waals surface area (Å²) in [6.45, 7) is 3.46. The molecule has 0 radical (unpaired) electrons. The zero-order valence-corrected chi connectivity index (χ0v) is 11.6. The van der Waals surface area contributed by atoms with Gasteiger partial charge in [-0.15, -0.1) is 0 Å². The van der Waals surface area contributed by atoms with E-state index < -0.39 is 5.97 Å². The van der Waals surface area contributed by atoms with Crippen LogP contribution in [0, 0.1) is 0 Å². The molecule has 0 aromatic rings. The predicted octanol–water partition coefficient (Wildman–Crippen LogP) is -3.17. The third-order valence-electron chi connectivity index (χ3n) is 2.33. The zero-order chi connectivity index (χ0) is 10.5. The Morgan fingerprint density at radius 2 is 2.20 bits per heavy atom. The van der Waals surface area contributed by atoms with Gasteiger partial charge in [0.2, 0.25) is 0 Å². The number of thioether (sulfide) groups is 1. The van der Waals surface area contributed by atoms with E-state index in [1.54, 1.807) is 19.9 Å². The normalized spacial score (nSPS) is 26.3. The summed E-state index contributed by atoms with van der Waals surface area (Å²) in [5.41, 5.74) is 0.696. The number of aliphatic carboxylic acids is 1. The average molecular weight is 233 g/mol. The van der Waals surface area contributed by atoms with E-state index >= 15 is 0 Å². The second kappa shape index (κ2) is 4.33. The maximum atomic E-state index is 11.5. The Morgan fingerprint density at radius 1 is 1.60 bits per heavy atom. The number of hydrogen-bond donors (Lipinski definition) is 0. The standard InChI is InChI=1S/C9H9NO3S.Na/c1-3-5-7(11)10-6(9(12)13)4(2)14-8(5)10;/h3,8H,1-2H3,(H,12,13);/q;+1/p-1/b5-3-;. The van der Waals surface area contributed by atoms with Crippen molar-refractivity contribution in [3.8, 4) is 0 Å². The molecule has 4 nitrogen and oxygen atoms in total. The Labute approximate surface area is 114 Å². The molecule has 2 rings (SSSR count). The number of fused-ring (bicyclic) bond motifs is 1. The smallest absolute Gasteiger partial charge is 0.543 e. The molecule has 0 saturated carbocycles. The molecule has 2 heterocycles. The number of carbonyl (C=O) groups is 2. The van der Waals surface area contributed by atoms with Crippen LogP contribution < -0.4 is 34.7 Å². The number of carbonyl (C=O) groups excluding carboxylic acids is 2. The number of allylic oxidation sites excluding steroid dienone is 2. The van der Waals surface area contributed by atoms with Gasteiger partial charge in [0.25, 0.3) is 5.91 Å². The number of hydrogen-bond acceptors (Lipinski definition) is 4. The topological polar surface area (TPSA) is 60.4 Å². The molecule has 0 aromatic carbocycles. The number of carboxylic acid groups (broad SMARTS) is 1. The van der Waals surface area contributed by atoms with Crippen molar-refractivity contribution in [1.82, 2.24) is 4.90 Å². The van der Waals surface area contributed by atoms with Crippen LogP contribution in [0.5, 0.6) is 0 Å². The van der Waals surface area contributed by atoms with Crippen molar-refractivity contribution >= 4 is 23.6 Å². The Balaban J connectivity index is 0.00000112. The van der Waals surface area contributed by atoms with Crippen molar-refractivity contribution in [3.05, 3.63) is 22.3 Å². The fraction of sp³-hybridized carbons (Fsp3) is 0.333. The fourth-order valence-corrected chi connectivity index (χ4v) is 2.96. The molecule has 0 aromatic heterocycles. The zero-order valence-electron chi connectivity index (χ0n) is 8.73. The van der Waals surface area contributed by atoms with E-state index in [1.165, 1.54) is 16.7 Å². The van der Waals surface area contributed by atoms with E-state index in [9.17, 15) is 14.7 Å². The van der Waals surface area contributed by atoms with Gasteiger partial charge in [-0.3, -0.25) is 9.69 Å². The van der Waals surface area contributed by atoms with Crippen molar-refractivity contribution in [1.29, 1.82) is 0 Å². The summed E-state index contributed by atoms with van der Waals surface area (Å²) >= 11 is 1.38. The van der Waals surface area contributed by atoms with Gasteiger partial charge in [-0.1, -0.05) is 17.8 Å². The van der Waals surface area contributed by atoms with Gasteiger partial charge >= 0.3 is 29.6 Å². The monoisotopic (exact) mass is 233 g/mol. The Hall–Kier alpha value is -0.230. The maximum absolute atomic E-state index is 11.5. The molecule has 2 aliphatic rings. The van der Waals surface area contributed by atoms with Crippen LogP contribution in [-0.4, -0.2) is 22.2 Å². The predicted molar refractivity (Wildman–Crippen MR) is 49.7 cm³/mol. The number of β-lactam (4-membered cyclic amide) rings is 1. The Morgan fingerprint density at radius 3 is 2.67 bits per heavy atom. The first-order chi connectivity index (χ1) is 6.57. The minimum atomic E-state index is -1.28. The number of amides is 1. The molecule has 0 N–H and O–H groups in total. The van der Waals surface area contributed by atoms with Gasteiger partial charge in [0.15, 0.2) is 0 Å². The summed E-state index contributed by atoms with van der Waals surface area (Å²) < 4.78 is 0. The molecule has 1 unspecified atom stereocenters. The molecule has 15 heavy (non-hydrogen) atoms. The largest absolute Gasteiger partial charge is 1.00 e. The van der Waals surface area contributed by atoms with E-state index in [0.29, 0.717) is 10.5 Å². The van der Waals surface area contributed by atoms with Gasteiger partial charge in [-0.25, -0.2) is 0 Å². The third kappa shape index (κ3) is 1.67. The van der Waals surface area contributed by atoms with Crippen LogP contribution in [0.2, 0.25) is 0 Å². The summed E-state index contributed by atoms with van der Waals surface area (Å²) in [5, 5.41) is 10.6. The van der Waals surface area contributed by atoms with E-state index in [2.05, 4.69) is 0 Å². The number of rotatable bonds is 1. The molecule has 0 aliphatic carbocycles. The molecule has 74 valence electrons. The van der Waals surface area contributed by atoms with Crippen LogP contribution >= 0.6 is 11.8 Å². The van der Waals surface area contributed by atoms with Crippen LogP contribution in [0.1, 0.15) is 13.8 Å². The van der Waals surface area contributed by atoms with Gasteiger partial charge in [0.1, 0.15) is 5.37 Å². The Bertz CT molecular complexity index is 402. The van der Waals surface area contributed by atoms with Crippen molar-refractivity contribution in [2.24, 2.45) is 0 Å². The van der Waals surface area contributed by atoms with Crippen molar-refractivity contribution in [2.45, 2.75) is 19.2 Å². The van der Waals surface area contributed by atoms with E-state index in [1.807, 2.05) is 0 Å². The summed E-state index contributed by atoms with van der Waals surface area (Å²) in [4.78, 5) is 24.1. The summed E-state index contributed by atoms with van der Waals surface area (Å²) in [6.07, 6.45) is 1.72. The van der Waals surface area contributed by atoms with Crippen LogP contribution in [-0.2, 0) is 9.59 Å². The molecule has 6 heteroatoms. The summed E-state index contributed by atoms with van der Waals surface area (Å²) in [6, 6.07) is 0. The third-order valence-corrected chi connectivity index (χ3v) is 3.57. The van der Waals surface area contributed by atoms with Crippen molar-refractivity contribution in [2.75, 3.05) is 0 Å². The minimum absolute atomic E-state index is 0. The van der Waals surface area contributed by atoms with E-state index in [0.717, 1.165) is 0 Å². The van der Waals surface area contributed by atoms with Crippen molar-refractivity contribution < 1.29 is 44.3 Å². The van der Waals surface area contributed by atoms with Crippen LogP contribution in [0.3, 0.4) is 0 Å². The minimum Gasteiger partial charge on any atom is -0.543 e. The molecule has 0 spiro atoms. The van der Waals surface area contributed by atoms with E-state index in [4.69, 9.17) is 0 Å². The molecule has 0 bridgehead atoms. The van der Waals surface area contributed by atoms with Crippen molar-refractivity contribution in [3.63, 3.8) is 0 Å². The van der Waals surface area contributed by atoms with E-state index in [-0.39, 0.29) is 46.5 Å². The molecule has 1 saturated heterocycles. The SMILES string of the molecule is C/C=C1/C(=O)N2C(C(=O)[O-])=C(C)SC12.[Na+]. The van der Waals surface area contributed by atoms with Gasteiger partial charge < -0.3 is 9.90 Å². The van der Waals surface area contributed by atoms with Crippen LogP contribution in [0.25, 0.3) is 0 Å². The molecule has 1 fully saturated rings. The maximum Gasteiger partial charge on any atom is 1.00 e. The Kier molecular flexibility index (Phi) is 3.71. The molecular formula is C9H8NNaO3S. The second-order valence-corrected chi connectivity index (χ2v) is 4.38. The fourth-order valence-electron chi connectivity index (χ4n) is 1.66. The second-order valence-electron chi connectivity index (χ2n) is 3.08. The molecular weight excluding hydrogens is 225 g/mol. The quantitative estimate of drug-likeness (QED) is 0.272. The number of carboxylic acids is 1. The first-order valence-corrected chi connectivity index (χ1v) is 5.04. The van der Waals surface area contributed by atoms with Crippen LogP contribution in [0.4, 0.5) is 0 Å². The van der Waals surface area contributed by atoms with Crippen LogP contribution in [0.15, 0.2) is 22.3 Å². The average Bonchev–Trinajstić information content (AvgIpc) is 2.40. The van der Waals surface area contributed by atoms with Gasteiger partial charge in [0, 0.05) is 10.5 Å². The molecule has 1 atom stereocenters. The summed E-state index contributed by atoms with van der Waals surface area (Å²) in [7, 11) is 0. The first kappa shape index (κ1) is 12.8. The van der Waals surface area contributed by atoms with Gasteiger partial charge in [-0.05, 0) is 13.8 Å². The van der Waals surface area contributed by atoms with Gasteiger partial charge in [-0.2, -0.15) is 0 Å². The molecule has 1 amide bonds. The molecule has 2 aliphatic heterocycles. The summed E-state index contributed by atoms with van der Waals surface area (Å²) in [5.74, 6) is -1.50. The van der Waals surface area contributed by atoms with Gasteiger partial charge in [0.05, 0.1) is 11.7 Å².